The number of aromatic amines is 1. The lowest BCUT2D eigenvalue weighted by Crippen LogP contribution is -2.31. The molecule has 1 aromatic heterocycles. The summed E-state index contributed by atoms with van der Waals surface area (Å²) in [4.78, 5) is 16.2. The molecule has 2 aromatic carbocycles. The lowest BCUT2D eigenvalue weighted by atomic mass is 9.91. The van der Waals surface area contributed by atoms with Crippen LogP contribution in [0.4, 0.5) is 0 Å². The zero-order valence-electron chi connectivity index (χ0n) is 13.6. The summed E-state index contributed by atoms with van der Waals surface area (Å²) >= 11 is 0. The molecular formula is C20H20N2O2. The van der Waals surface area contributed by atoms with Crippen molar-refractivity contribution in [3.8, 4) is 5.75 Å². The SMILES string of the molecule is COc1ccccc1C(=O)N[C@@H]1CCCc2c1[nH]c1ccccc21. The summed E-state index contributed by atoms with van der Waals surface area (Å²) in [5, 5.41) is 4.44. The second kappa shape index (κ2) is 6.04. The van der Waals surface area contributed by atoms with Crippen molar-refractivity contribution < 1.29 is 9.53 Å². The number of carbonyl (C=O) groups is 1. The molecule has 0 saturated carbocycles. The molecule has 24 heavy (non-hydrogen) atoms. The number of aromatic nitrogens is 1. The van der Waals surface area contributed by atoms with Gasteiger partial charge in [0.1, 0.15) is 5.75 Å². The number of methoxy groups -OCH3 is 1. The quantitative estimate of drug-likeness (QED) is 0.767. The monoisotopic (exact) mass is 320 g/mol. The number of carbonyl (C=O) groups excluding carboxylic acids is 1. The number of aryl methyl sites for hydroxylation is 1. The topological polar surface area (TPSA) is 54.1 Å². The second-order valence-corrected chi connectivity index (χ2v) is 6.18. The first-order chi connectivity index (χ1) is 11.8. The van der Waals surface area contributed by atoms with E-state index in [9.17, 15) is 4.79 Å². The molecule has 0 radical (unpaired) electrons. The Morgan fingerprint density at radius 2 is 1.96 bits per heavy atom. The molecule has 1 heterocycles. The average molecular weight is 320 g/mol. The number of hydrogen-bond acceptors (Lipinski definition) is 2. The summed E-state index contributed by atoms with van der Waals surface area (Å²) in [6.07, 6.45) is 3.08. The van der Waals surface area contributed by atoms with Gasteiger partial charge in [-0.25, -0.2) is 0 Å². The number of H-pyrrole nitrogens is 1. The van der Waals surface area contributed by atoms with Crippen LogP contribution in [0.25, 0.3) is 10.9 Å². The first-order valence-corrected chi connectivity index (χ1v) is 8.31. The molecule has 1 atom stereocenters. The molecule has 2 N–H and O–H groups in total. The third kappa shape index (κ3) is 2.44. The Labute approximate surface area is 140 Å². The van der Waals surface area contributed by atoms with Gasteiger partial charge in [-0.15, -0.1) is 0 Å². The highest BCUT2D eigenvalue weighted by molar-refractivity contribution is 5.97. The zero-order valence-corrected chi connectivity index (χ0v) is 13.6. The number of amides is 1. The lowest BCUT2D eigenvalue weighted by molar-refractivity contribution is 0.0929. The van der Waals surface area contributed by atoms with Gasteiger partial charge in [0, 0.05) is 16.6 Å². The summed E-state index contributed by atoms with van der Waals surface area (Å²) in [5.74, 6) is 0.506. The van der Waals surface area contributed by atoms with E-state index in [4.69, 9.17) is 4.74 Å². The summed E-state index contributed by atoms with van der Waals surface area (Å²) in [5.41, 5.74) is 4.19. The van der Waals surface area contributed by atoms with Crippen molar-refractivity contribution >= 4 is 16.8 Å². The summed E-state index contributed by atoms with van der Waals surface area (Å²) in [6.45, 7) is 0. The minimum Gasteiger partial charge on any atom is -0.496 e. The van der Waals surface area contributed by atoms with Crippen LogP contribution in [-0.2, 0) is 6.42 Å². The fourth-order valence-electron chi connectivity index (χ4n) is 3.63. The van der Waals surface area contributed by atoms with Gasteiger partial charge in [-0.3, -0.25) is 4.79 Å². The molecule has 4 nitrogen and oxygen atoms in total. The van der Waals surface area contributed by atoms with Crippen LogP contribution in [0.5, 0.6) is 5.75 Å². The van der Waals surface area contributed by atoms with Gasteiger partial charge in [-0.05, 0) is 43.0 Å². The van der Waals surface area contributed by atoms with Crippen LogP contribution in [-0.4, -0.2) is 18.0 Å². The van der Waals surface area contributed by atoms with Crippen molar-refractivity contribution in [2.24, 2.45) is 0 Å². The number of rotatable bonds is 3. The predicted molar refractivity (Wildman–Crippen MR) is 94.4 cm³/mol. The number of ether oxygens (including phenoxy) is 1. The molecular weight excluding hydrogens is 300 g/mol. The molecule has 0 bridgehead atoms. The lowest BCUT2D eigenvalue weighted by Gasteiger charge is -2.24. The molecule has 0 unspecified atom stereocenters. The molecule has 122 valence electrons. The Hall–Kier alpha value is -2.75. The maximum atomic E-state index is 12.7. The molecule has 4 rings (SSSR count). The predicted octanol–water partition coefficient (Wildman–Crippen LogP) is 3.98. The molecule has 1 aliphatic rings. The molecule has 4 heteroatoms. The van der Waals surface area contributed by atoms with Gasteiger partial charge in [0.05, 0.1) is 18.7 Å². The van der Waals surface area contributed by atoms with Gasteiger partial charge in [0.2, 0.25) is 0 Å². The van der Waals surface area contributed by atoms with Crippen molar-refractivity contribution in [3.63, 3.8) is 0 Å². The first-order valence-electron chi connectivity index (χ1n) is 8.31. The fourth-order valence-corrected chi connectivity index (χ4v) is 3.63. The Balaban J connectivity index is 1.66. The van der Waals surface area contributed by atoms with Gasteiger partial charge in [-0.1, -0.05) is 30.3 Å². The van der Waals surface area contributed by atoms with Crippen LogP contribution >= 0.6 is 0 Å². The van der Waals surface area contributed by atoms with Crippen LogP contribution in [0.1, 0.15) is 40.5 Å². The van der Waals surface area contributed by atoms with Crippen molar-refractivity contribution in [2.75, 3.05) is 7.11 Å². The van der Waals surface area contributed by atoms with Crippen LogP contribution in [0, 0.1) is 0 Å². The van der Waals surface area contributed by atoms with Gasteiger partial charge < -0.3 is 15.0 Å². The Kier molecular flexibility index (Phi) is 3.73. The van der Waals surface area contributed by atoms with Crippen molar-refractivity contribution in [2.45, 2.75) is 25.3 Å². The molecule has 0 fully saturated rings. The highest BCUT2D eigenvalue weighted by Gasteiger charge is 2.26. The van der Waals surface area contributed by atoms with Gasteiger partial charge in [0.25, 0.3) is 5.91 Å². The normalized spacial score (nSPS) is 16.6. The molecule has 0 saturated heterocycles. The minimum atomic E-state index is -0.0936. The van der Waals surface area contributed by atoms with Gasteiger partial charge in [0.15, 0.2) is 0 Å². The highest BCUT2D eigenvalue weighted by atomic mass is 16.5. The van der Waals surface area contributed by atoms with E-state index in [1.807, 2.05) is 24.3 Å². The van der Waals surface area contributed by atoms with E-state index >= 15 is 0 Å². The number of hydrogen-bond donors (Lipinski definition) is 2. The van der Waals surface area contributed by atoms with E-state index in [1.165, 1.54) is 10.9 Å². The number of para-hydroxylation sites is 2. The summed E-state index contributed by atoms with van der Waals surface area (Å²) < 4.78 is 5.30. The smallest absolute Gasteiger partial charge is 0.255 e. The van der Waals surface area contributed by atoms with Crippen molar-refractivity contribution in [1.82, 2.24) is 10.3 Å². The van der Waals surface area contributed by atoms with E-state index < -0.39 is 0 Å². The standard InChI is InChI=1S/C20H20N2O2/c1-24-18-12-5-3-8-15(18)20(23)22-17-11-6-9-14-13-7-2-4-10-16(13)21-19(14)17/h2-5,7-8,10,12,17,21H,6,9,11H2,1H3,(H,22,23)/t17-/m1/s1. The molecule has 3 aromatic rings. The third-order valence-corrected chi connectivity index (χ3v) is 4.77. The summed E-state index contributed by atoms with van der Waals surface area (Å²) in [7, 11) is 1.59. The van der Waals surface area contributed by atoms with Crippen LogP contribution < -0.4 is 10.1 Å². The van der Waals surface area contributed by atoms with Crippen molar-refractivity contribution in [3.05, 3.63) is 65.4 Å². The number of fused-ring (bicyclic) bond motifs is 3. The molecule has 0 spiro atoms. The van der Waals surface area contributed by atoms with Gasteiger partial charge >= 0.3 is 0 Å². The van der Waals surface area contributed by atoms with Crippen molar-refractivity contribution in [1.29, 1.82) is 0 Å². The average Bonchev–Trinajstić information content (AvgIpc) is 3.01. The van der Waals surface area contributed by atoms with E-state index in [2.05, 4.69) is 28.5 Å². The highest BCUT2D eigenvalue weighted by Crippen LogP contribution is 2.35. The largest absolute Gasteiger partial charge is 0.496 e. The Bertz CT molecular complexity index is 898. The molecule has 1 amide bonds. The number of benzene rings is 2. The molecule has 1 aliphatic carbocycles. The molecule has 0 aliphatic heterocycles. The Morgan fingerprint density at radius 3 is 2.83 bits per heavy atom. The fraction of sp³-hybridized carbons (Fsp3) is 0.250. The maximum Gasteiger partial charge on any atom is 0.255 e. The first kappa shape index (κ1) is 14.8. The van der Waals surface area contributed by atoms with E-state index in [0.717, 1.165) is 30.5 Å². The minimum absolute atomic E-state index is 0.0126. The zero-order chi connectivity index (χ0) is 16.5. The summed E-state index contributed by atoms with van der Waals surface area (Å²) in [6, 6.07) is 15.7. The number of nitrogens with one attached hydrogen (secondary N) is 2. The van der Waals surface area contributed by atoms with E-state index in [-0.39, 0.29) is 11.9 Å². The second-order valence-electron chi connectivity index (χ2n) is 6.18. The third-order valence-electron chi connectivity index (χ3n) is 4.77. The van der Waals surface area contributed by atoms with Gasteiger partial charge in [-0.2, -0.15) is 0 Å². The Morgan fingerprint density at radius 1 is 1.17 bits per heavy atom. The van der Waals surface area contributed by atoms with Crippen LogP contribution in [0.15, 0.2) is 48.5 Å². The van der Waals surface area contributed by atoms with E-state index in [1.54, 1.807) is 13.2 Å². The van der Waals surface area contributed by atoms with Crippen LogP contribution in [0.3, 0.4) is 0 Å². The van der Waals surface area contributed by atoms with Crippen LogP contribution in [0.2, 0.25) is 0 Å². The maximum absolute atomic E-state index is 12.7. The van der Waals surface area contributed by atoms with E-state index in [0.29, 0.717) is 11.3 Å².